The second-order valence-electron chi connectivity index (χ2n) is 5.58. The number of nitrogens with one attached hydrogen (secondary N) is 1. The SMILES string of the molecule is CC1CCC(NCc2c(Cl)cccc2Cl)C(C)C1. The topological polar surface area (TPSA) is 12.0 Å². The molecule has 0 amide bonds. The molecule has 1 aromatic carbocycles. The van der Waals surface area contributed by atoms with Gasteiger partial charge in [0.25, 0.3) is 0 Å². The summed E-state index contributed by atoms with van der Waals surface area (Å²) in [5.41, 5.74) is 1.02. The van der Waals surface area contributed by atoms with Crippen LogP contribution in [0.5, 0.6) is 0 Å². The summed E-state index contributed by atoms with van der Waals surface area (Å²) in [6.45, 7) is 5.45. The molecule has 3 atom stereocenters. The number of benzene rings is 1. The fraction of sp³-hybridized carbons (Fsp3) is 0.600. The first-order valence-electron chi connectivity index (χ1n) is 6.74. The van der Waals surface area contributed by atoms with Crippen molar-refractivity contribution < 1.29 is 0 Å². The van der Waals surface area contributed by atoms with Gasteiger partial charge in [0.05, 0.1) is 0 Å². The molecule has 3 unspecified atom stereocenters. The Kier molecular flexibility index (Phi) is 4.94. The van der Waals surface area contributed by atoms with Crippen LogP contribution < -0.4 is 5.32 Å². The van der Waals surface area contributed by atoms with Crippen molar-refractivity contribution in [2.45, 2.75) is 45.7 Å². The van der Waals surface area contributed by atoms with Crippen molar-refractivity contribution in [3.63, 3.8) is 0 Å². The Morgan fingerprint density at radius 3 is 2.44 bits per heavy atom. The van der Waals surface area contributed by atoms with Gasteiger partial charge >= 0.3 is 0 Å². The summed E-state index contributed by atoms with van der Waals surface area (Å²) in [5, 5.41) is 5.13. The molecular weight excluding hydrogens is 265 g/mol. The molecule has 3 heteroatoms. The van der Waals surface area contributed by atoms with E-state index in [0.717, 1.165) is 34.0 Å². The normalized spacial score (nSPS) is 28.3. The second-order valence-corrected chi connectivity index (χ2v) is 6.40. The van der Waals surface area contributed by atoms with Gasteiger partial charge in [0.15, 0.2) is 0 Å². The Balaban J connectivity index is 1.95. The first-order chi connectivity index (χ1) is 8.58. The van der Waals surface area contributed by atoms with Crippen LogP contribution in [-0.2, 0) is 6.54 Å². The van der Waals surface area contributed by atoms with Crippen LogP contribution in [0.3, 0.4) is 0 Å². The third-order valence-electron chi connectivity index (χ3n) is 4.03. The summed E-state index contributed by atoms with van der Waals surface area (Å²) in [5.74, 6) is 1.59. The minimum absolute atomic E-state index is 0.591. The molecule has 1 aliphatic carbocycles. The summed E-state index contributed by atoms with van der Waals surface area (Å²) in [6.07, 6.45) is 3.89. The quantitative estimate of drug-likeness (QED) is 0.832. The molecule has 0 aromatic heterocycles. The van der Waals surface area contributed by atoms with Gasteiger partial charge in [-0.3, -0.25) is 0 Å². The van der Waals surface area contributed by atoms with Crippen LogP contribution in [0.25, 0.3) is 0 Å². The highest BCUT2D eigenvalue weighted by Crippen LogP contribution is 2.30. The van der Waals surface area contributed by atoms with Crippen LogP contribution in [0.15, 0.2) is 18.2 Å². The Morgan fingerprint density at radius 2 is 1.83 bits per heavy atom. The fourth-order valence-electron chi connectivity index (χ4n) is 2.90. The van der Waals surface area contributed by atoms with Crippen molar-refractivity contribution >= 4 is 23.2 Å². The zero-order chi connectivity index (χ0) is 13.1. The molecule has 1 fully saturated rings. The highest BCUT2D eigenvalue weighted by atomic mass is 35.5. The van der Waals surface area contributed by atoms with E-state index in [4.69, 9.17) is 23.2 Å². The van der Waals surface area contributed by atoms with E-state index >= 15 is 0 Å². The lowest BCUT2D eigenvalue weighted by molar-refractivity contribution is 0.227. The molecular formula is C15H21Cl2N. The molecule has 18 heavy (non-hydrogen) atoms. The zero-order valence-corrected chi connectivity index (χ0v) is 12.6. The molecule has 100 valence electrons. The molecule has 1 aliphatic rings. The minimum atomic E-state index is 0.591. The van der Waals surface area contributed by atoms with Gasteiger partial charge in [-0.2, -0.15) is 0 Å². The standard InChI is InChI=1S/C15H21Cl2N/c1-10-6-7-15(11(2)8-10)18-9-12-13(16)4-3-5-14(12)17/h3-5,10-11,15,18H,6-9H2,1-2H3. The van der Waals surface area contributed by atoms with E-state index in [9.17, 15) is 0 Å². The van der Waals surface area contributed by atoms with Crippen LogP contribution in [-0.4, -0.2) is 6.04 Å². The van der Waals surface area contributed by atoms with Gasteiger partial charge in [-0.15, -0.1) is 0 Å². The van der Waals surface area contributed by atoms with Crippen LogP contribution in [0.4, 0.5) is 0 Å². The summed E-state index contributed by atoms with van der Waals surface area (Å²) < 4.78 is 0. The van der Waals surface area contributed by atoms with E-state index in [1.54, 1.807) is 0 Å². The average Bonchev–Trinajstić information content (AvgIpc) is 2.31. The third-order valence-corrected chi connectivity index (χ3v) is 4.74. The van der Waals surface area contributed by atoms with Crippen molar-refractivity contribution in [2.75, 3.05) is 0 Å². The van der Waals surface area contributed by atoms with E-state index in [2.05, 4.69) is 19.2 Å². The second kappa shape index (κ2) is 6.27. The van der Waals surface area contributed by atoms with Gasteiger partial charge in [0.2, 0.25) is 0 Å². The Labute approximate surface area is 120 Å². The molecule has 0 aliphatic heterocycles. The van der Waals surface area contributed by atoms with Gasteiger partial charge in [-0.1, -0.05) is 43.1 Å². The smallest absolute Gasteiger partial charge is 0.0465 e. The van der Waals surface area contributed by atoms with Crippen molar-refractivity contribution in [2.24, 2.45) is 11.8 Å². The number of hydrogen-bond acceptors (Lipinski definition) is 1. The Bertz CT molecular complexity index is 385. The van der Waals surface area contributed by atoms with Gasteiger partial charge < -0.3 is 5.32 Å². The maximum Gasteiger partial charge on any atom is 0.0465 e. The predicted octanol–water partition coefficient (Wildman–Crippen LogP) is 4.91. The van der Waals surface area contributed by atoms with Crippen LogP contribution >= 0.6 is 23.2 Å². The summed E-state index contributed by atoms with van der Waals surface area (Å²) in [4.78, 5) is 0. The highest BCUT2D eigenvalue weighted by molar-refractivity contribution is 6.35. The third kappa shape index (κ3) is 3.40. The number of halogens is 2. The van der Waals surface area contributed by atoms with E-state index in [0.29, 0.717) is 6.04 Å². The molecule has 1 aromatic rings. The number of rotatable bonds is 3. The lowest BCUT2D eigenvalue weighted by Crippen LogP contribution is -2.38. The lowest BCUT2D eigenvalue weighted by atomic mass is 9.80. The van der Waals surface area contributed by atoms with Crippen molar-refractivity contribution in [1.29, 1.82) is 0 Å². The molecule has 1 saturated carbocycles. The maximum atomic E-state index is 6.18. The number of hydrogen-bond donors (Lipinski definition) is 1. The van der Waals surface area contributed by atoms with Crippen molar-refractivity contribution in [1.82, 2.24) is 5.32 Å². The molecule has 0 bridgehead atoms. The van der Waals surface area contributed by atoms with E-state index in [1.165, 1.54) is 19.3 Å². The molecule has 0 spiro atoms. The largest absolute Gasteiger partial charge is 0.310 e. The zero-order valence-electron chi connectivity index (χ0n) is 11.0. The van der Waals surface area contributed by atoms with Crippen molar-refractivity contribution in [3.05, 3.63) is 33.8 Å². The molecule has 2 rings (SSSR count). The Morgan fingerprint density at radius 1 is 1.17 bits per heavy atom. The van der Waals surface area contributed by atoms with Gasteiger partial charge in [0, 0.05) is 28.2 Å². The molecule has 0 heterocycles. The highest BCUT2D eigenvalue weighted by Gasteiger charge is 2.24. The summed E-state index contributed by atoms with van der Waals surface area (Å²) in [6, 6.07) is 6.28. The van der Waals surface area contributed by atoms with Gasteiger partial charge in [-0.25, -0.2) is 0 Å². The minimum Gasteiger partial charge on any atom is -0.310 e. The molecule has 0 radical (unpaired) electrons. The molecule has 1 nitrogen and oxygen atoms in total. The predicted molar refractivity (Wildman–Crippen MR) is 79.3 cm³/mol. The van der Waals surface area contributed by atoms with E-state index in [-0.39, 0.29) is 0 Å². The van der Waals surface area contributed by atoms with Gasteiger partial charge in [-0.05, 0) is 43.2 Å². The Hall–Kier alpha value is -0.240. The lowest BCUT2D eigenvalue weighted by Gasteiger charge is -2.33. The maximum absolute atomic E-state index is 6.18. The fourth-order valence-corrected chi connectivity index (χ4v) is 3.43. The summed E-state index contributed by atoms with van der Waals surface area (Å²) in [7, 11) is 0. The monoisotopic (exact) mass is 285 g/mol. The first kappa shape index (κ1) is 14.2. The first-order valence-corrected chi connectivity index (χ1v) is 7.49. The summed E-state index contributed by atoms with van der Waals surface area (Å²) >= 11 is 12.4. The van der Waals surface area contributed by atoms with Gasteiger partial charge in [0.1, 0.15) is 0 Å². The van der Waals surface area contributed by atoms with E-state index < -0.39 is 0 Å². The molecule has 0 saturated heterocycles. The van der Waals surface area contributed by atoms with Crippen LogP contribution in [0, 0.1) is 11.8 Å². The van der Waals surface area contributed by atoms with E-state index in [1.807, 2.05) is 18.2 Å². The molecule has 1 N–H and O–H groups in total. The van der Waals surface area contributed by atoms with Crippen LogP contribution in [0.1, 0.15) is 38.7 Å². The van der Waals surface area contributed by atoms with Crippen molar-refractivity contribution in [3.8, 4) is 0 Å². The average molecular weight is 286 g/mol. The van der Waals surface area contributed by atoms with Crippen LogP contribution in [0.2, 0.25) is 10.0 Å².